The van der Waals surface area contributed by atoms with Gasteiger partial charge >= 0.3 is 80.9 Å². The van der Waals surface area contributed by atoms with Crippen molar-refractivity contribution in [2.45, 2.75) is 45.4 Å². The van der Waals surface area contributed by atoms with Crippen molar-refractivity contribution in [1.82, 2.24) is 0 Å². The van der Waals surface area contributed by atoms with Crippen LogP contribution < -0.4 is 0 Å². The predicted molar refractivity (Wildman–Crippen MR) is 39.5 cm³/mol. The zero-order valence-electron chi connectivity index (χ0n) is 6.86. The normalized spacial score (nSPS) is 9.73. The summed E-state index contributed by atoms with van der Waals surface area (Å²) in [5, 5.41) is 0. The molecule has 0 fully saturated rings. The maximum atomic E-state index is 10.6. The van der Waals surface area contributed by atoms with Gasteiger partial charge in [0.05, 0.1) is 0 Å². The molecule has 2 nitrogen and oxygen atoms in total. The first-order chi connectivity index (χ1) is 5.31. The van der Waals surface area contributed by atoms with Crippen molar-refractivity contribution in [2.75, 3.05) is 0 Å². The molecule has 11 heavy (non-hydrogen) atoms. The van der Waals surface area contributed by atoms with Gasteiger partial charge in [-0.05, 0) is 0 Å². The van der Waals surface area contributed by atoms with Gasteiger partial charge in [-0.25, -0.2) is 0 Å². The van der Waals surface area contributed by atoms with E-state index < -0.39 is 0 Å². The van der Waals surface area contributed by atoms with Crippen molar-refractivity contribution >= 4 is 5.97 Å². The van der Waals surface area contributed by atoms with Crippen LogP contribution in [-0.4, -0.2) is 5.97 Å². The van der Waals surface area contributed by atoms with Gasteiger partial charge < -0.3 is 0 Å². The summed E-state index contributed by atoms with van der Waals surface area (Å²) in [6.07, 6.45) is 6.45. The standard InChI is InChI=1S/C8H16O2.Au/c1-2-3-4-5-6-7-8(9)10;/h2-7H2,1H3,(H,9,10);/q;+1/p-1. The Morgan fingerprint density at radius 1 is 1.27 bits per heavy atom. The molecule has 0 bridgehead atoms. The van der Waals surface area contributed by atoms with Crippen LogP contribution in [-0.2, 0) is 29.5 Å². The molecule has 0 saturated carbocycles. The van der Waals surface area contributed by atoms with E-state index in [0.717, 1.165) is 12.8 Å². The van der Waals surface area contributed by atoms with E-state index in [1.165, 1.54) is 19.3 Å². The molecule has 0 radical (unpaired) electrons. The topological polar surface area (TPSA) is 26.3 Å². The molecule has 0 spiro atoms. The van der Waals surface area contributed by atoms with Gasteiger partial charge in [-0.15, -0.1) is 0 Å². The van der Waals surface area contributed by atoms with E-state index in [9.17, 15) is 4.79 Å². The summed E-state index contributed by atoms with van der Waals surface area (Å²) in [6.45, 7) is 2.18. The molecule has 0 unspecified atom stereocenters. The Morgan fingerprint density at radius 2 is 1.91 bits per heavy atom. The predicted octanol–water partition coefficient (Wildman–Crippen LogP) is 2.35. The Bertz CT molecular complexity index is 104. The molecule has 0 saturated heterocycles. The van der Waals surface area contributed by atoms with E-state index in [1.807, 2.05) is 0 Å². The van der Waals surface area contributed by atoms with Crippen LogP contribution in [0.15, 0.2) is 0 Å². The van der Waals surface area contributed by atoms with E-state index in [-0.39, 0.29) is 5.97 Å². The van der Waals surface area contributed by atoms with Crippen LogP contribution in [0, 0.1) is 0 Å². The molecule has 0 atom stereocenters. The third-order valence-corrected chi connectivity index (χ3v) is 2.05. The van der Waals surface area contributed by atoms with E-state index >= 15 is 0 Å². The number of unbranched alkanes of at least 4 members (excludes halogenated alkanes) is 4. The molecule has 0 N–H and O–H groups in total. The van der Waals surface area contributed by atoms with Crippen LogP contribution in [0.2, 0.25) is 0 Å². The van der Waals surface area contributed by atoms with Gasteiger partial charge in [0.25, 0.3) is 0 Å². The number of rotatable bonds is 6. The number of carbonyl (C=O) groups excluding carboxylic acids is 1. The summed E-state index contributed by atoms with van der Waals surface area (Å²) in [4.78, 5) is 10.6. The Morgan fingerprint density at radius 3 is 2.45 bits per heavy atom. The third-order valence-electron chi connectivity index (χ3n) is 1.55. The molecule has 0 aliphatic rings. The number of hydrogen-bond acceptors (Lipinski definition) is 2. The molecular formula is C8H15AuO2. The zero-order chi connectivity index (χ0) is 8.53. The second-order valence-corrected chi connectivity index (χ2v) is 3.04. The third kappa shape index (κ3) is 8.11. The molecule has 0 heterocycles. The summed E-state index contributed by atoms with van der Waals surface area (Å²) in [7, 11) is 0. The molecule has 0 aromatic carbocycles. The molecule has 0 aliphatic carbocycles. The molecule has 0 aliphatic heterocycles. The van der Waals surface area contributed by atoms with Crippen molar-refractivity contribution in [1.29, 1.82) is 0 Å². The summed E-state index contributed by atoms with van der Waals surface area (Å²) in [6, 6.07) is 0. The SMILES string of the molecule is CCCCCCCC(=O)[O][Au]. The first-order valence-electron chi connectivity index (χ1n) is 4.09. The second kappa shape index (κ2) is 8.31. The molecule has 3 heteroatoms. The van der Waals surface area contributed by atoms with Gasteiger partial charge in [-0.3, -0.25) is 0 Å². The summed E-state index contributed by atoms with van der Waals surface area (Å²) < 4.78 is 4.46. The molecule has 70 valence electrons. The average molecular weight is 340 g/mol. The Balaban J connectivity index is 2.95. The first kappa shape index (κ1) is 11.2. The van der Waals surface area contributed by atoms with Gasteiger partial charge in [0, 0.05) is 0 Å². The fourth-order valence-corrected chi connectivity index (χ4v) is 1.12. The van der Waals surface area contributed by atoms with Gasteiger partial charge in [-0.1, -0.05) is 0 Å². The van der Waals surface area contributed by atoms with E-state index in [1.54, 1.807) is 21.5 Å². The van der Waals surface area contributed by atoms with Crippen LogP contribution in [0.3, 0.4) is 0 Å². The Hall–Kier alpha value is 0.210. The molecule has 0 aromatic rings. The number of hydrogen-bond donors (Lipinski definition) is 0. The number of carbonyl (C=O) groups is 1. The second-order valence-electron chi connectivity index (χ2n) is 2.60. The summed E-state index contributed by atoms with van der Waals surface area (Å²) >= 11 is 1.80. The van der Waals surface area contributed by atoms with Crippen LogP contribution in [0.5, 0.6) is 0 Å². The van der Waals surface area contributed by atoms with E-state index in [2.05, 4.69) is 10.2 Å². The summed E-state index contributed by atoms with van der Waals surface area (Å²) in [5.74, 6) is -0.107. The van der Waals surface area contributed by atoms with E-state index in [0.29, 0.717) is 6.42 Å². The monoisotopic (exact) mass is 340 g/mol. The average Bonchev–Trinajstić information content (AvgIpc) is 2.04. The van der Waals surface area contributed by atoms with Crippen LogP contribution in [0.25, 0.3) is 0 Å². The fraction of sp³-hybridized carbons (Fsp3) is 0.875. The van der Waals surface area contributed by atoms with Gasteiger partial charge in [0.1, 0.15) is 0 Å². The minimum absolute atomic E-state index is 0.107. The fourth-order valence-electron chi connectivity index (χ4n) is 0.904. The van der Waals surface area contributed by atoms with Gasteiger partial charge in [0.15, 0.2) is 0 Å². The van der Waals surface area contributed by atoms with Crippen molar-refractivity contribution in [3.63, 3.8) is 0 Å². The molecule has 0 amide bonds. The quantitative estimate of drug-likeness (QED) is 0.548. The van der Waals surface area contributed by atoms with Crippen LogP contribution in [0.1, 0.15) is 45.4 Å². The van der Waals surface area contributed by atoms with Gasteiger partial charge in [-0.2, -0.15) is 0 Å². The Labute approximate surface area is 81.1 Å². The Kier molecular flexibility index (Phi) is 8.47. The molecule has 0 rings (SSSR count). The minimum atomic E-state index is -0.107. The van der Waals surface area contributed by atoms with Crippen LogP contribution >= 0.6 is 0 Å². The van der Waals surface area contributed by atoms with Crippen molar-refractivity contribution < 1.29 is 29.5 Å². The van der Waals surface area contributed by atoms with Crippen molar-refractivity contribution in [2.24, 2.45) is 0 Å². The molecule has 0 aromatic heterocycles. The van der Waals surface area contributed by atoms with E-state index in [4.69, 9.17) is 0 Å². The maximum absolute atomic E-state index is 10.6. The zero-order valence-corrected chi connectivity index (χ0v) is 9.03. The van der Waals surface area contributed by atoms with Crippen molar-refractivity contribution in [3.05, 3.63) is 0 Å². The first-order valence-corrected chi connectivity index (χ1v) is 4.98. The summed E-state index contributed by atoms with van der Waals surface area (Å²) in [5.41, 5.74) is 0. The van der Waals surface area contributed by atoms with Crippen molar-refractivity contribution in [3.8, 4) is 0 Å². The molecular weight excluding hydrogens is 325 g/mol. The van der Waals surface area contributed by atoms with Crippen LogP contribution in [0.4, 0.5) is 0 Å². The van der Waals surface area contributed by atoms with Gasteiger partial charge in [0.2, 0.25) is 0 Å².